The first-order valence-corrected chi connectivity index (χ1v) is 10.8. The fourth-order valence-corrected chi connectivity index (χ4v) is 4.83. The molecule has 0 bridgehead atoms. The van der Waals surface area contributed by atoms with Crippen molar-refractivity contribution in [2.45, 2.75) is 64.3 Å². The lowest BCUT2D eigenvalue weighted by atomic mass is 9.62. The fourth-order valence-electron chi connectivity index (χ4n) is 4.83. The van der Waals surface area contributed by atoms with E-state index >= 15 is 0 Å². The smallest absolute Gasteiger partial charge is 0.351 e. The molecule has 0 saturated heterocycles. The zero-order chi connectivity index (χ0) is 23.3. The summed E-state index contributed by atoms with van der Waals surface area (Å²) in [7, 11) is 0. The summed E-state index contributed by atoms with van der Waals surface area (Å²) in [5, 5.41) is 10.9. The zero-order valence-corrected chi connectivity index (χ0v) is 18.6. The van der Waals surface area contributed by atoms with Crippen LogP contribution in [0.25, 0.3) is 11.3 Å². The Balaban J connectivity index is 1.82. The number of hydrogen-bond acceptors (Lipinski definition) is 8. The maximum absolute atomic E-state index is 13.5. The van der Waals surface area contributed by atoms with Gasteiger partial charge in [0.15, 0.2) is 11.4 Å². The van der Waals surface area contributed by atoms with Crippen LogP contribution in [0.15, 0.2) is 39.8 Å². The minimum absolute atomic E-state index is 0.0988. The van der Waals surface area contributed by atoms with Gasteiger partial charge in [0.25, 0.3) is 0 Å². The Kier molecular flexibility index (Phi) is 5.45. The molecule has 0 spiro atoms. The number of carbonyl (C=O) groups excluding carboxylic acids is 2. The zero-order valence-electron chi connectivity index (χ0n) is 18.6. The molecule has 3 heterocycles. The van der Waals surface area contributed by atoms with Crippen LogP contribution in [0.4, 0.5) is 0 Å². The first-order valence-electron chi connectivity index (χ1n) is 10.8. The molecule has 4 rings (SSSR count). The van der Waals surface area contributed by atoms with Crippen molar-refractivity contribution in [3.05, 3.63) is 46.6 Å². The van der Waals surface area contributed by atoms with Crippen molar-refractivity contribution in [1.29, 1.82) is 0 Å². The van der Waals surface area contributed by atoms with E-state index in [9.17, 15) is 19.5 Å². The van der Waals surface area contributed by atoms with Gasteiger partial charge in [0.2, 0.25) is 0 Å². The largest absolute Gasteiger partial charge is 0.482 e. The Morgan fingerprint density at radius 2 is 2.12 bits per heavy atom. The lowest BCUT2D eigenvalue weighted by Crippen LogP contribution is -2.63. The first kappa shape index (κ1) is 22.2. The monoisotopic (exact) mass is 441 g/mol. The number of hydrogen-bond donors (Lipinski definition) is 1. The number of fused-ring (bicyclic) bond motifs is 2. The van der Waals surface area contributed by atoms with Crippen molar-refractivity contribution in [2.75, 3.05) is 0 Å². The molecular formula is C24H27NO7. The lowest BCUT2D eigenvalue weighted by Gasteiger charge is -2.52. The highest BCUT2D eigenvalue weighted by Gasteiger charge is 2.59. The van der Waals surface area contributed by atoms with Gasteiger partial charge in [0, 0.05) is 30.9 Å². The number of rotatable bonds is 4. The van der Waals surface area contributed by atoms with Gasteiger partial charge in [-0.25, -0.2) is 4.79 Å². The van der Waals surface area contributed by atoms with Crippen LogP contribution in [-0.4, -0.2) is 39.1 Å². The number of carbonyl (C=O) groups is 2. The van der Waals surface area contributed by atoms with Crippen LogP contribution in [0.5, 0.6) is 5.75 Å². The molecule has 0 amide bonds. The number of pyridine rings is 1. The number of nitrogens with zero attached hydrogens (tertiary/aromatic N) is 1. The number of ketones is 1. The topological polar surface area (TPSA) is 116 Å². The molecule has 1 N–H and O–H groups in total. The summed E-state index contributed by atoms with van der Waals surface area (Å²) in [4.78, 5) is 42.3. The fraction of sp³-hybridized carbons (Fsp3) is 0.500. The van der Waals surface area contributed by atoms with Gasteiger partial charge in [-0.2, -0.15) is 0 Å². The van der Waals surface area contributed by atoms with Gasteiger partial charge in [-0.15, -0.1) is 0 Å². The van der Waals surface area contributed by atoms with Crippen LogP contribution in [0.1, 0.15) is 57.3 Å². The Morgan fingerprint density at radius 1 is 1.38 bits per heavy atom. The molecule has 32 heavy (non-hydrogen) atoms. The highest BCUT2D eigenvalue weighted by Crippen LogP contribution is 2.50. The summed E-state index contributed by atoms with van der Waals surface area (Å²) in [6.07, 6.45) is 3.48. The third-order valence-electron chi connectivity index (χ3n) is 7.01. The number of ether oxygens (including phenoxy) is 2. The third-order valence-corrected chi connectivity index (χ3v) is 7.01. The number of Topliss-reactive ketones (excluding diaryl/α,β-unsaturated/α-hetero) is 1. The summed E-state index contributed by atoms with van der Waals surface area (Å²) in [5.41, 5.74) is -2.62. The second-order valence-corrected chi connectivity index (χ2v) is 9.06. The first-order chi connectivity index (χ1) is 15.1. The molecule has 1 fully saturated rings. The van der Waals surface area contributed by atoms with Gasteiger partial charge in [-0.3, -0.25) is 14.6 Å². The molecule has 5 atom stereocenters. The predicted octanol–water partition coefficient (Wildman–Crippen LogP) is 3.15. The number of aliphatic hydroxyl groups is 1. The normalized spacial score (nSPS) is 28.7. The van der Waals surface area contributed by atoms with Gasteiger partial charge >= 0.3 is 11.6 Å². The molecular weight excluding hydrogens is 414 g/mol. The summed E-state index contributed by atoms with van der Waals surface area (Å²) in [6, 6.07) is 4.94. The van der Waals surface area contributed by atoms with Crippen molar-refractivity contribution in [3.8, 4) is 17.1 Å². The average Bonchev–Trinajstić information content (AvgIpc) is 2.74. The molecule has 1 aliphatic heterocycles. The van der Waals surface area contributed by atoms with E-state index in [0.717, 1.165) is 0 Å². The maximum atomic E-state index is 13.5. The van der Waals surface area contributed by atoms with E-state index in [-0.39, 0.29) is 23.0 Å². The minimum atomic E-state index is -1.18. The van der Waals surface area contributed by atoms with E-state index in [1.807, 2.05) is 6.92 Å². The molecule has 8 nitrogen and oxygen atoms in total. The molecule has 2 aromatic rings. The second-order valence-electron chi connectivity index (χ2n) is 9.06. The third kappa shape index (κ3) is 3.62. The standard InChI is InChI=1S/C24H27NO7/c1-5-23(3,29)15-9-16-21(27)20-18(32-24(16,4)19(10-15)30-13(2)26)11-17(31-22(20)28)14-7-6-8-25-12-14/h6-8,11-12,15-16,19,29H,5,9-10H2,1-4H3/t15-,16+,19-,23+,24-/m1/s1. The van der Waals surface area contributed by atoms with Crippen LogP contribution in [0, 0.1) is 11.8 Å². The number of aromatic nitrogens is 1. The summed E-state index contributed by atoms with van der Waals surface area (Å²) in [6.45, 7) is 6.59. The molecule has 1 saturated carbocycles. The highest BCUT2D eigenvalue weighted by molar-refractivity contribution is 6.02. The van der Waals surface area contributed by atoms with Crippen LogP contribution in [-0.2, 0) is 9.53 Å². The molecule has 0 radical (unpaired) electrons. The van der Waals surface area contributed by atoms with Gasteiger partial charge in [-0.1, -0.05) is 6.92 Å². The van der Waals surface area contributed by atoms with Crippen LogP contribution in [0.3, 0.4) is 0 Å². The molecule has 2 aliphatic rings. The quantitative estimate of drug-likeness (QED) is 0.720. The molecule has 170 valence electrons. The van der Waals surface area contributed by atoms with Crippen molar-refractivity contribution in [2.24, 2.45) is 11.8 Å². The van der Waals surface area contributed by atoms with Crippen molar-refractivity contribution >= 4 is 11.8 Å². The van der Waals surface area contributed by atoms with Crippen molar-refractivity contribution in [3.63, 3.8) is 0 Å². The van der Waals surface area contributed by atoms with Crippen molar-refractivity contribution < 1.29 is 28.6 Å². The average molecular weight is 441 g/mol. The maximum Gasteiger partial charge on any atom is 0.351 e. The highest BCUT2D eigenvalue weighted by atomic mass is 16.6. The molecule has 0 aromatic carbocycles. The van der Waals surface area contributed by atoms with Crippen LogP contribution >= 0.6 is 0 Å². The Morgan fingerprint density at radius 3 is 2.75 bits per heavy atom. The van der Waals surface area contributed by atoms with E-state index in [1.54, 1.807) is 38.4 Å². The predicted molar refractivity (Wildman–Crippen MR) is 114 cm³/mol. The molecule has 1 aliphatic carbocycles. The second kappa shape index (κ2) is 7.85. The summed E-state index contributed by atoms with van der Waals surface area (Å²) in [5.74, 6) is -1.69. The van der Waals surface area contributed by atoms with Gasteiger partial charge in [0.1, 0.15) is 23.2 Å². The van der Waals surface area contributed by atoms with E-state index in [1.165, 1.54) is 13.0 Å². The number of esters is 1. The van der Waals surface area contributed by atoms with Crippen LogP contribution in [0.2, 0.25) is 0 Å². The van der Waals surface area contributed by atoms with Gasteiger partial charge < -0.3 is 19.0 Å². The molecule has 2 aromatic heterocycles. The lowest BCUT2D eigenvalue weighted by molar-refractivity contribution is -0.181. The van der Waals surface area contributed by atoms with Gasteiger partial charge in [-0.05, 0) is 51.2 Å². The molecule has 0 unspecified atom stereocenters. The Hall–Kier alpha value is -3.00. The SMILES string of the molecule is CC[C@](C)(O)[C@H]1C[C@@H](OC(C)=O)[C@]2(C)Oc3cc(-c4cccnc4)oc(=O)c3C(=O)[C@@H]2C1. The van der Waals surface area contributed by atoms with E-state index in [2.05, 4.69) is 4.98 Å². The Labute approximate surface area is 185 Å². The summed E-state index contributed by atoms with van der Waals surface area (Å²) < 4.78 is 17.3. The minimum Gasteiger partial charge on any atom is -0.482 e. The van der Waals surface area contributed by atoms with Gasteiger partial charge in [0.05, 0.1) is 11.5 Å². The van der Waals surface area contributed by atoms with Crippen LogP contribution < -0.4 is 10.4 Å². The van der Waals surface area contributed by atoms with E-state index in [0.29, 0.717) is 24.8 Å². The van der Waals surface area contributed by atoms with Crippen molar-refractivity contribution in [1.82, 2.24) is 4.98 Å². The van der Waals surface area contributed by atoms with E-state index in [4.69, 9.17) is 13.9 Å². The summed E-state index contributed by atoms with van der Waals surface area (Å²) >= 11 is 0. The Bertz CT molecular complexity index is 1110. The van der Waals surface area contributed by atoms with E-state index < -0.39 is 40.6 Å². The molecule has 8 heteroatoms.